The normalized spacial score (nSPS) is 27.2. The van der Waals surface area contributed by atoms with Crippen molar-refractivity contribution in [2.45, 2.75) is 32.5 Å². The van der Waals surface area contributed by atoms with Gasteiger partial charge < -0.3 is 14.8 Å². The quantitative estimate of drug-likeness (QED) is 0.786. The van der Waals surface area contributed by atoms with E-state index in [1.165, 1.54) is 5.56 Å². The summed E-state index contributed by atoms with van der Waals surface area (Å²) in [5, 5.41) is 3.53. The average Bonchev–Trinajstić information content (AvgIpc) is 2.79. The van der Waals surface area contributed by atoms with Crippen LogP contribution in [0.2, 0.25) is 0 Å². The molecule has 0 amide bonds. The highest BCUT2D eigenvalue weighted by molar-refractivity contribution is 5.85. The summed E-state index contributed by atoms with van der Waals surface area (Å²) in [6, 6.07) is 7.16. The number of ether oxygens (including phenoxy) is 2. The SMILES string of the molecule is CC1NNC(C)C1CNCc1ccc2c(c1)OCCO2.Cl. The summed E-state index contributed by atoms with van der Waals surface area (Å²) < 4.78 is 11.1. The highest BCUT2D eigenvalue weighted by Crippen LogP contribution is 2.30. The Balaban J connectivity index is 0.00000161. The largest absolute Gasteiger partial charge is 0.486 e. The minimum absolute atomic E-state index is 0. The van der Waals surface area contributed by atoms with Gasteiger partial charge in [0, 0.05) is 31.1 Å². The van der Waals surface area contributed by atoms with Gasteiger partial charge in [0.05, 0.1) is 0 Å². The summed E-state index contributed by atoms with van der Waals surface area (Å²) in [5.41, 5.74) is 7.79. The molecule has 0 radical (unpaired) electrons. The van der Waals surface area contributed by atoms with Gasteiger partial charge in [0.2, 0.25) is 0 Å². The second-order valence-electron chi connectivity index (χ2n) is 5.64. The minimum atomic E-state index is 0. The van der Waals surface area contributed by atoms with Gasteiger partial charge in [0.1, 0.15) is 13.2 Å². The van der Waals surface area contributed by atoms with Crippen LogP contribution in [0.4, 0.5) is 0 Å². The summed E-state index contributed by atoms with van der Waals surface area (Å²) in [5.74, 6) is 2.32. The molecule has 0 aliphatic carbocycles. The molecule has 2 heterocycles. The van der Waals surface area contributed by atoms with Gasteiger partial charge in [0.15, 0.2) is 11.5 Å². The van der Waals surface area contributed by atoms with Crippen LogP contribution in [0.25, 0.3) is 0 Å². The van der Waals surface area contributed by atoms with Crippen molar-refractivity contribution in [3.63, 3.8) is 0 Å². The number of fused-ring (bicyclic) bond motifs is 1. The van der Waals surface area contributed by atoms with Crippen molar-refractivity contribution >= 4 is 12.4 Å². The van der Waals surface area contributed by atoms with Crippen LogP contribution in [0.3, 0.4) is 0 Å². The lowest BCUT2D eigenvalue weighted by Crippen LogP contribution is -2.33. The highest BCUT2D eigenvalue weighted by Gasteiger charge is 2.28. The molecule has 2 unspecified atom stereocenters. The molecule has 0 bridgehead atoms. The van der Waals surface area contributed by atoms with Crippen molar-refractivity contribution in [2.75, 3.05) is 19.8 Å². The van der Waals surface area contributed by atoms with E-state index in [4.69, 9.17) is 9.47 Å². The predicted octanol–water partition coefficient (Wildman–Crippen LogP) is 1.47. The van der Waals surface area contributed by atoms with Gasteiger partial charge in [-0.1, -0.05) is 6.07 Å². The molecule has 21 heavy (non-hydrogen) atoms. The monoisotopic (exact) mass is 313 g/mol. The van der Waals surface area contributed by atoms with E-state index in [1.54, 1.807) is 0 Å². The van der Waals surface area contributed by atoms with Crippen molar-refractivity contribution in [1.29, 1.82) is 0 Å². The van der Waals surface area contributed by atoms with Gasteiger partial charge in [-0.25, -0.2) is 0 Å². The molecule has 6 heteroatoms. The van der Waals surface area contributed by atoms with Crippen molar-refractivity contribution in [1.82, 2.24) is 16.2 Å². The molecule has 0 saturated carbocycles. The molecule has 2 aliphatic heterocycles. The fraction of sp³-hybridized carbons (Fsp3) is 0.600. The van der Waals surface area contributed by atoms with Crippen molar-refractivity contribution in [2.24, 2.45) is 5.92 Å². The number of rotatable bonds is 4. The first-order valence-corrected chi connectivity index (χ1v) is 7.34. The fourth-order valence-electron chi connectivity index (χ4n) is 2.84. The van der Waals surface area contributed by atoms with E-state index in [1.807, 2.05) is 6.07 Å². The third-order valence-electron chi connectivity index (χ3n) is 4.14. The lowest BCUT2D eigenvalue weighted by molar-refractivity contribution is 0.171. The van der Waals surface area contributed by atoms with Crippen LogP contribution >= 0.6 is 12.4 Å². The van der Waals surface area contributed by atoms with Crippen LogP contribution in [0.5, 0.6) is 11.5 Å². The molecule has 0 aromatic heterocycles. The second kappa shape index (κ2) is 7.31. The molecule has 0 spiro atoms. The van der Waals surface area contributed by atoms with Gasteiger partial charge in [-0.3, -0.25) is 10.9 Å². The number of nitrogens with one attached hydrogen (secondary N) is 3. The summed E-state index contributed by atoms with van der Waals surface area (Å²) in [6.07, 6.45) is 0. The number of hydrogen-bond donors (Lipinski definition) is 3. The molecule has 3 N–H and O–H groups in total. The molecular formula is C15H24ClN3O2. The molecule has 118 valence electrons. The zero-order valence-corrected chi connectivity index (χ0v) is 13.3. The zero-order valence-electron chi connectivity index (χ0n) is 12.5. The Morgan fingerprint density at radius 1 is 1.10 bits per heavy atom. The summed E-state index contributed by atoms with van der Waals surface area (Å²) in [6.45, 7) is 7.56. The van der Waals surface area contributed by atoms with Gasteiger partial charge in [-0.15, -0.1) is 12.4 Å². The standard InChI is InChI=1S/C15H23N3O2.ClH/c1-10-13(11(2)18-17-10)9-16-8-12-3-4-14-15(7-12)20-6-5-19-14;/h3-4,7,10-11,13,16-18H,5-6,8-9H2,1-2H3;1H. The van der Waals surface area contributed by atoms with Crippen molar-refractivity contribution in [3.8, 4) is 11.5 Å². The van der Waals surface area contributed by atoms with Crippen LogP contribution in [-0.4, -0.2) is 31.8 Å². The Morgan fingerprint density at radius 2 is 1.76 bits per heavy atom. The Kier molecular flexibility index (Phi) is 5.70. The molecule has 1 fully saturated rings. The van der Waals surface area contributed by atoms with Crippen molar-refractivity contribution in [3.05, 3.63) is 23.8 Å². The Bertz CT molecular complexity index is 462. The Labute approximate surface area is 132 Å². The van der Waals surface area contributed by atoms with Crippen LogP contribution in [-0.2, 0) is 6.54 Å². The molecule has 1 aromatic carbocycles. The highest BCUT2D eigenvalue weighted by atomic mass is 35.5. The van der Waals surface area contributed by atoms with Crippen LogP contribution in [0.15, 0.2) is 18.2 Å². The maximum absolute atomic E-state index is 5.61. The summed E-state index contributed by atoms with van der Waals surface area (Å²) in [4.78, 5) is 0. The van der Waals surface area contributed by atoms with Gasteiger partial charge >= 0.3 is 0 Å². The number of hydrogen-bond acceptors (Lipinski definition) is 5. The minimum Gasteiger partial charge on any atom is -0.486 e. The zero-order chi connectivity index (χ0) is 13.9. The lowest BCUT2D eigenvalue weighted by Gasteiger charge is -2.20. The summed E-state index contributed by atoms with van der Waals surface area (Å²) >= 11 is 0. The topological polar surface area (TPSA) is 54.5 Å². The van der Waals surface area contributed by atoms with Crippen LogP contribution in [0, 0.1) is 5.92 Å². The number of halogens is 1. The molecule has 5 nitrogen and oxygen atoms in total. The maximum Gasteiger partial charge on any atom is 0.161 e. The van der Waals surface area contributed by atoms with E-state index in [9.17, 15) is 0 Å². The Hall–Kier alpha value is -1.01. The van der Waals surface area contributed by atoms with E-state index in [0.29, 0.717) is 31.2 Å². The molecule has 3 rings (SSSR count). The third kappa shape index (κ3) is 3.80. The second-order valence-corrected chi connectivity index (χ2v) is 5.64. The maximum atomic E-state index is 5.61. The summed E-state index contributed by atoms with van der Waals surface area (Å²) in [7, 11) is 0. The smallest absolute Gasteiger partial charge is 0.161 e. The van der Waals surface area contributed by atoms with E-state index < -0.39 is 0 Å². The molecule has 2 atom stereocenters. The van der Waals surface area contributed by atoms with Gasteiger partial charge in [0.25, 0.3) is 0 Å². The molecule has 1 saturated heterocycles. The first-order valence-electron chi connectivity index (χ1n) is 7.34. The molecular weight excluding hydrogens is 290 g/mol. The molecule has 2 aliphatic rings. The number of hydrazine groups is 1. The van der Waals surface area contributed by atoms with Crippen LogP contribution < -0.4 is 25.6 Å². The Morgan fingerprint density at radius 3 is 2.48 bits per heavy atom. The van der Waals surface area contributed by atoms with Crippen LogP contribution in [0.1, 0.15) is 19.4 Å². The van der Waals surface area contributed by atoms with E-state index in [-0.39, 0.29) is 12.4 Å². The van der Waals surface area contributed by atoms with Gasteiger partial charge in [-0.05, 0) is 31.5 Å². The van der Waals surface area contributed by atoms with Gasteiger partial charge in [-0.2, -0.15) is 0 Å². The average molecular weight is 314 g/mol. The first-order chi connectivity index (χ1) is 9.74. The third-order valence-corrected chi connectivity index (χ3v) is 4.14. The van der Waals surface area contributed by atoms with E-state index in [0.717, 1.165) is 24.6 Å². The predicted molar refractivity (Wildman–Crippen MR) is 85.1 cm³/mol. The van der Waals surface area contributed by atoms with E-state index in [2.05, 4.69) is 42.1 Å². The number of benzene rings is 1. The van der Waals surface area contributed by atoms with Crippen molar-refractivity contribution < 1.29 is 9.47 Å². The fourth-order valence-corrected chi connectivity index (χ4v) is 2.84. The molecule has 1 aromatic rings. The lowest BCUT2D eigenvalue weighted by atomic mass is 9.97. The first kappa shape index (κ1) is 16.4. The van der Waals surface area contributed by atoms with E-state index >= 15 is 0 Å².